The maximum Gasteiger partial charge on any atom is 0.247 e. The normalized spacial score (nSPS) is 13.9. The molecule has 2 aromatic heterocycles. The van der Waals surface area contributed by atoms with Crippen molar-refractivity contribution in [2.45, 2.75) is 52.4 Å². The summed E-state index contributed by atoms with van der Waals surface area (Å²) in [4.78, 5) is 14.3. The average molecular weight is 348 g/mol. The number of nitrogens with zero attached hydrogens (tertiary/aromatic N) is 4. The van der Waals surface area contributed by atoms with E-state index in [-0.39, 0.29) is 0 Å². The highest BCUT2D eigenvalue weighted by atomic mass is 15.3. The molecule has 0 aliphatic heterocycles. The van der Waals surface area contributed by atoms with Crippen molar-refractivity contribution in [1.82, 2.24) is 25.1 Å². The summed E-state index contributed by atoms with van der Waals surface area (Å²) in [5, 5.41) is 10.6. The highest BCUT2D eigenvalue weighted by Gasteiger charge is 2.19. The van der Waals surface area contributed by atoms with E-state index in [4.69, 9.17) is 9.97 Å². The first-order valence-corrected chi connectivity index (χ1v) is 9.38. The van der Waals surface area contributed by atoms with Gasteiger partial charge < -0.3 is 5.32 Å². The molecular formula is C20H24N6. The average Bonchev–Trinajstić information content (AvgIpc) is 2.97. The number of fused-ring (bicyclic) bond motifs is 1. The monoisotopic (exact) mass is 348 g/mol. The largest absolute Gasteiger partial charge is 0.307 e. The van der Waals surface area contributed by atoms with Gasteiger partial charge >= 0.3 is 0 Å². The Bertz CT molecular complexity index is 914. The van der Waals surface area contributed by atoms with Gasteiger partial charge in [-0.2, -0.15) is 4.98 Å². The summed E-state index contributed by atoms with van der Waals surface area (Å²) < 4.78 is 0. The second-order valence-corrected chi connectivity index (χ2v) is 6.78. The lowest BCUT2D eigenvalue weighted by molar-refractivity contribution is 0.709. The van der Waals surface area contributed by atoms with E-state index in [1.807, 2.05) is 12.1 Å². The minimum absolute atomic E-state index is 0.572. The van der Waals surface area contributed by atoms with Crippen LogP contribution in [-0.4, -0.2) is 25.1 Å². The van der Waals surface area contributed by atoms with E-state index in [0.717, 1.165) is 48.0 Å². The maximum atomic E-state index is 4.93. The molecule has 6 heteroatoms. The van der Waals surface area contributed by atoms with E-state index < -0.39 is 0 Å². The smallest absolute Gasteiger partial charge is 0.247 e. The van der Waals surface area contributed by atoms with Gasteiger partial charge in [-0.1, -0.05) is 37.6 Å². The summed E-state index contributed by atoms with van der Waals surface area (Å²) in [6.07, 6.45) is 6.40. The lowest BCUT2D eigenvalue weighted by atomic mass is 10.1. The Kier molecular flexibility index (Phi) is 4.65. The molecule has 1 aromatic carbocycles. The molecule has 0 saturated heterocycles. The number of rotatable bonds is 4. The number of aromatic amines is 1. The van der Waals surface area contributed by atoms with E-state index >= 15 is 0 Å². The molecule has 4 rings (SSSR count). The molecule has 0 atom stereocenters. The van der Waals surface area contributed by atoms with E-state index in [0.29, 0.717) is 5.95 Å². The first-order valence-electron chi connectivity index (χ1n) is 9.38. The summed E-state index contributed by atoms with van der Waals surface area (Å²) in [6, 6.07) is 8.26. The highest BCUT2D eigenvalue weighted by molar-refractivity contribution is 5.65. The fourth-order valence-corrected chi connectivity index (χ4v) is 3.43. The number of aryl methyl sites for hydroxylation is 3. The zero-order valence-corrected chi connectivity index (χ0v) is 15.3. The summed E-state index contributed by atoms with van der Waals surface area (Å²) in [6.45, 7) is 4.15. The molecule has 2 heterocycles. The molecule has 0 radical (unpaired) electrons. The van der Waals surface area contributed by atoms with Crippen molar-refractivity contribution in [3.63, 3.8) is 0 Å². The minimum atomic E-state index is 0.572. The third-order valence-electron chi connectivity index (χ3n) is 4.92. The summed E-state index contributed by atoms with van der Waals surface area (Å²) in [7, 11) is 0. The van der Waals surface area contributed by atoms with Crippen molar-refractivity contribution < 1.29 is 0 Å². The van der Waals surface area contributed by atoms with Crippen LogP contribution >= 0.6 is 0 Å². The molecule has 0 unspecified atom stereocenters. The Morgan fingerprint density at radius 1 is 1.04 bits per heavy atom. The number of aromatic nitrogens is 5. The van der Waals surface area contributed by atoms with Gasteiger partial charge in [0.25, 0.3) is 0 Å². The van der Waals surface area contributed by atoms with Crippen molar-refractivity contribution in [1.29, 1.82) is 0 Å². The summed E-state index contributed by atoms with van der Waals surface area (Å²) >= 11 is 0. The number of benzene rings is 1. The van der Waals surface area contributed by atoms with Crippen LogP contribution in [0.5, 0.6) is 0 Å². The number of H-pyrrole nitrogens is 1. The topological polar surface area (TPSA) is 79.4 Å². The van der Waals surface area contributed by atoms with Crippen LogP contribution < -0.4 is 5.32 Å². The number of nitrogens with one attached hydrogen (secondary N) is 2. The first-order chi connectivity index (χ1) is 12.7. The number of hydrogen-bond donors (Lipinski definition) is 2. The second-order valence-electron chi connectivity index (χ2n) is 6.78. The molecule has 1 aliphatic carbocycles. The van der Waals surface area contributed by atoms with Crippen molar-refractivity contribution >= 4 is 11.8 Å². The van der Waals surface area contributed by atoms with E-state index in [1.54, 1.807) is 0 Å². The quantitative estimate of drug-likeness (QED) is 0.693. The summed E-state index contributed by atoms with van der Waals surface area (Å²) in [5.41, 5.74) is 4.62. The Labute approximate surface area is 153 Å². The molecule has 0 bridgehead atoms. The molecule has 2 N–H and O–H groups in total. The molecule has 3 aromatic rings. The summed E-state index contributed by atoms with van der Waals surface area (Å²) in [5.74, 6) is 3.06. The van der Waals surface area contributed by atoms with E-state index in [9.17, 15) is 0 Å². The Morgan fingerprint density at radius 3 is 2.69 bits per heavy atom. The predicted molar refractivity (Wildman–Crippen MR) is 103 cm³/mol. The van der Waals surface area contributed by atoms with Crippen molar-refractivity contribution in [2.24, 2.45) is 0 Å². The molecule has 26 heavy (non-hydrogen) atoms. The van der Waals surface area contributed by atoms with Crippen LogP contribution in [0.4, 0.5) is 11.8 Å². The number of hydrogen-bond acceptors (Lipinski definition) is 5. The zero-order valence-electron chi connectivity index (χ0n) is 15.3. The third kappa shape index (κ3) is 3.31. The van der Waals surface area contributed by atoms with E-state index in [1.165, 1.54) is 30.4 Å². The molecule has 0 fully saturated rings. The van der Waals surface area contributed by atoms with Crippen molar-refractivity contribution in [3.8, 4) is 11.4 Å². The van der Waals surface area contributed by atoms with Gasteiger partial charge in [-0.15, -0.1) is 5.10 Å². The van der Waals surface area contributed by atoms with Gasteiger partial charge in [-0.05, 0) is 38.2 Å². The van der Waals surface area contributed by atoms with Gasteiger partial charge in [0.1, 0.15) is 11.6 Å². The molecule has 6 nitrogen and oxygen atoms in total. The lowest BCUT2D eigenvalue weighted by Gasteiger charge is -2.14. The van der Waals surface area contributed by atoms with E-state index in [2.05, 4.69) is 46.5 Å². The van der Waals surface area contributed by atoms with Crippen LogP contribution in [0.1, 0.15) is 48.8 Å². The minimum Gasteiger partial charge on any atom is -0.307 e. The Hall–Kier alpha value is -2.76. The zero-order chi connectivity index (χ0) is 17.9. The molecule has 0 spiro atoms. The van der Waals surface area contributed by atoms with Gasteiger partial charge in [0.05, 0.1) is 0 Å². The maximum absolute atomic E-state index is 4.93. The standard InChI is InChI=1S/C20H24N6/c1-3-17-22-20(26-25-17)24-19-15-11-5-4-6-12-16(15)21-18(23-19)14-10-8-7-9-13(14)2/h7-10H,3-6,11-12H2,1-2H3,(H2,21,22,23,24,25,26). The lowest BCUT2D eigenvalue weighted by Crippen LogP contribution is -2.08. The molecule has 1 aliphatic rings. The van der Waals surface area contributed by atoms with Crippen LogP contribution in [0, 0.1) is 6.92 Å². The van der Waals surface area contributed by atoms with Gasteiger partial charge in [0, 0.05) is 23.2 Å². The van der Waals surface area contributed by atoms with Crippen molar-refractivity contribution in [3.05, 3.63) is 46.9 Å². The fraction of sp³-hybridized carbons (Fsp3) is 0.400. The van der Waals surface area contributed by atoms with Crippen LogP contribution in [0.3, 0.4) is 0 Å². The van der Waals surface area contributed by atoms with Gasteiger partial charge in [-0.25, -0.2) is 9.97 Å². The van der Waals surface area contributed by atoms with Crippen LogP contribution in [0.25, 0.3) is 11.4 Å². The Morgan fingerprint density at radius 2 is 1.88 bits per heavy atom. The first kappa shape index (κ1) is 16.7. The van der Waals surface area contributed by atoms with Gasteiger partial charge in [-0.3, -0.25) is 5.10 Å². The SMILES string of the molecule is CCc1nc(Nc2nc(-c3ccccc3C)nc3c2CCCCC3)n[nH]1. The van der Waals surface area contributed by atoms with Crippen LogP contribution in [0.2, 0.25) is 0 Å². The second kappa shape index (κ2) is 7.23. The fourth-order valence-electron chi connectivity index (χ4n) is 3.43. The Balaban J connectivity index is 1.80. The highest BCUT2D eigenvalue weighted by Crippen LogP contribution is 2.30. The molecule has 134 valence electrons. The molecule has 0 saturated carbocycles. The molecule has 0 amide bonds. The van der Waals surface area contributed by atoms with Crippen molar-refractivity contribution in [2.75, 3.05) is 5.32 Å². The number of anilines is 2. The van der Waals surface area contributed by atoms with Crippen LogP contribution in [-0.2, 0) is 19.3 Å². The van der Waals surface area contributed by atoms with Crippen LogP contribution in [0.15, 0.2) is 24.3 Å². The van der Waals surface area contributed by atoms with Gasteiger partial charge in [0.2, 0.25) is 5.95 Å². The van der Waals surface area contributed by atoms with Gasteiger partial charge in [0.15, 0.2) is 5.82 Å². The third-order valence-corrected chi connectivity index (χ3v) is 4.92. The molecular weight excluding hydrogens is 324 g/mol. The predicted octanol–water partition coefficient (Wildman–Crippen LogP) is 4.15.